The van der Waals surface area contributed by atoms with Gasteiger partial charge in [-0.2, -0.15) is 0 Å². The second-order valence-electron chi connectivity index (χ2n) is 6.93. The molecule has 0 heterocycles. The minimum atomic E-state index is -3.08. The van der Waals surface area contributed by atoms with Gasteiger partial charge in [-0.25, -0.2) is 0 Å². The van der Waals surface area contributed by atoms with Crippen molar-refractivity contribution in [3.05, 3.63) is 120 Å². The van der Waals surface area contributed by atoms with Crippen molar-refractivity contribution in [1.29, 1.82) is 0 Å². The first-order valence-electron chi connectivity index (χ1n) is 9.86. The molecular weight excluding hydrogens is 391 g/mol. The molecule has 0 saturated carbocycles. The van der Waals surface area contributed by atoms with Gasteiger partial charge in [0, 0.05) is 5.56 Å². The summed E-state index contributed by atoms with van der Waals surface area (Å²) in [6.45, 7) is 4.16. The largest absolute Gasteiger partial charge is 0.580 e. The lowest BCUT2D eigenvalue weighted by Crippen LogP contribution is -2.28. The van der Waals surface area contributed by atoms with Crippen molar-refractivity contribution in [2.75, 3.05) is 0 Å². The average molecular weight is 415 g/mol. The number of rotatable bonds is 7. The second kappa shape index (κ2) is 9.02. The van der Waals surface area contributed by atoms with Gasteiger partial charge in [-0.3, -0.25) is 13.6 Å². The molecule has 4 rings (SSSR count). The van der Waals surface area contributed by atoms with E-state index in [1.165, 1.54) is 0 Å². The molecule has 0 atom stereocenters. The summed E-state index contributed by atoms with van der Waals surface area (Å²) in [6, 6.07) is 35.2. The van der Waals surface area contributed by atoms with Gasteiger partial charge in [0.1, 0.15) is 0 Å². The number of aryl methyl sites for hydroxylation is 1. The fourth-order valence-electron chi connectivity index (χ4n) is 3.10. The average Bonchev–Trinajstić information content (AvgIpc) is 2.77. The molecule has 0 spiro atoms. The topological polar surface area (TPSA) is 27.7 Å². The Hall–Kier alpha value is -3.29. The quantitative estimate of drug-likeness (QED) is 0.306. The van der Waals surface area contributed by atoms with Crippen molar-refractivity contribution in [3.8, 4) is 17.2 Å². The SMILES string of the molecule is Cc1cccc([P+](Oc2ccccc2)(Oc2ccccc2)Oc2ccccc2)c1C. The normalized spacial score (nSPS) is 11.0. The van der Waals surface area contributed by atoms with Crippen LogP contribution in [0.15, 0.2) is 109 Å². The summed E-state index contributed by atoms with van der Waals surface area (Å²) >= 11 is 0. The van der Waals surface area contributed by atoms with Crippen LogP contribution in [0, 0.1) is 13.8 Å². The van der Waals surface area contributed by atoms with Crippen LogP contribution in [0.1, 0.15) is 11.1 Å². The van der Waals surface area contributed by atoms with Crippen LogP contribution in [-0.2, 0) is 0 Å². The third kappa shape index (κ3) is 4.48. The molecule has 0 aromatic heterocycles. The summed E-state index contributed by atoms with van der Waals surface area (Å²) < 4.78 is 19.8. The van der Waals surface area contributed by atoms with E-state index in [-0.39, 0.29) is 0 Å². The molecule has 0 amide bonds. The zero-order valence-corrected chi connectivity index (χ0v) is 18.0. The fourth-order valence-corrected chi connectivity index (χ4v) is 5.56. The number of hydrogen-bond acceptors (Lipinski definition) is 3. The first kappa shape index (κ1) is 20.0. The van der Waals surface area contributed by atoms with E-state index in [4.69, 9.17) is 13.6 Å². The van der Waals surface area contributed by atoms with E-state index in [1.54, 1.807) is 0 Å². The lowest BCUT2D eigenvalue weighted by Gasteiger charge is -2.24. The van der Waals surface area contributed by atoms with Crippen molar-refractivity contribution in [2.45, 2.75) is 13.8 Å². The molecule has 30 heavy (non-hydrogen) atoms. The van der Waals surface area contributed by atoms with Crippen LogP contribution in [0.2, 0.25) is 0 Å². The first-order valence-corrected chi connectivity index (χ1v) is 11.4. The minimum absolute atomic E-state index is 0.693. The van der Waals surface area contributed by atoms with Gasteiger partial charge in [0.2, 0.25) is 5.30 Å². The molecule has 0 radical (unpaired) electrons. The molecular formula is C26H24O3P+. The summed E-state index contributed by atoms with van der Waals surface area (Å²) in [5, 5.41) is 0.916. The number of benzene rings is 4. The van der Waals surface area contributed by atoms with E-state index in [0.717, 1.165) is 16.4 Å². The van der Waals surface area contributed by atoms with Crippen LogP contribution in [0.4, 0.5) is 0 Å². The minimum Gasteiger partial charge on any atom is -0.268 e. The van der Waals surface area contributed by atoms with Crippen LogP contribution in [0.25, 0.3) is 0 Å². The molecule has 0 aliphatic heterocycles. The van der Waals surface area contributed by atoms with Crippen LogP contribution in [-0.4, -0.2) is 0 Å². The third-order valence-electron chi connectivity index (χ3n) is 4.78. The molecule has 0 aliphatic rings. The summed E-state index contributed by atoms with van der Waals surface area (Å²) in [7, 11) is -3.08. The molecule has 0 N–H and O–H groups in total. The predicted octanol–water partition coefficient (Wildman–Crippen LogP) is 6.93. The van der Waals surface area contributed by atoms with Crippen LogP contribution in [0.3, 0.4) is 0 Å². The Morgan fingerprint density at radius 3 is 1.27 bits per heavy atom. The van der Waals surface area contributed by atoms with Gasteiger partial charge >= 0.3 is 7.94 Å². The predicted molar refractivity (Wildman–Crippen MR) is 124 cm³/mol. The van der Waals surface area contributed by atoms with Crippen molar-refractivity contribution in [2.24, 2.45) is 0 Å². The van der Waals surface area contributed by atoms with Crippen LogP contribution >= 0.6 is 7.94 Å². The third-order valence-corrected chi connectivity index (χ3v) is 7.21. The Kier molecular flexibility index (Phi) is 6.02. The Morgan fingerprint density at radius 1 is 0.467 bits per heavy atom. The van der Waals surface area contributed by atoms with Crippen molar-refractivity contribution in [1.82, 2.24) is 0 Å². The molecule has 4 aromatic carbocycles. The Morgan fingerprint density at radius 2 is 0.867 bits per heavy atom. The lowest BCUT2D eigenvalue weighted by molar-refractivity contribution is 0.369. The molecule has 4 heteroatoms. The monoisotopic (exact) mass is 415 g/mol. The summed E-state index contributed by atoms with van der Waals surface area (Å²) in [6.07, 6.45) is 0. The standard InChI is InChI=1S/C26H24O3P/c1-21-13-12-20-26(22(21)2)30(27-23-14-6-3-7-15-23,28-24-16-8-4-9-17-24)29-25-18-10-5-11-19-25/h3-20H,1-2H3/q+1. The van der Waals surface area contributed by atoms with E-state index in [0.29, 0.717) is 17.2 Å². The van der Waals surface area contributed by atoms with Crippen LogP contribution in [0.5, 0.6) is 17.2 Å². The van der Waals surface area contributed by atoms with E-state index >= 15 is 0 Å². The van der Waals surface area contributed by atoms with Crippen molar-refractivity contribution < 1.29 is 13.6 Å². The highest BCUT2D eigenvalue weighted by Gasteiger charge is 2.54. The zero-order valence-electron chi connectivity index (χ0n) is 17.1. The molecule has 4 aromatic rings. The van der Waals surface area contributed by atoms with Crippen molar-refractivity contribution >= 4 is 13.2 Å². The van der Waals surface area contributed by atoms with Gasteiger partial charge in [-0.05, 0) is 61.9 Å². The van der Waals surface area contributed by atoms with Gasteiger partial charge in [0.15, 0.2) is 17.2 Å². The summed E-state index contributed by atoms with van der Waals surface area (Å²) in [5.74, 6) is 2.08. The summed E-state index contributed by atoms with van der Waals surface area (Å²) in [4.78, 5) is 0. The summed E-state index contributed by atoms with van der Waals surface area (Å²) in [5.41, 5.74) is 2.25. The van der Waals surface area contributed by atoms with Gasteiger partial charge in [0.05, 0.1) is 0 Å². The van der Waals surface area contributed by atoms with Crippen LogP contribution < -0.4 is 18.9 Å². The molecule has 150 valence electrons. The molecule has 0 fully saturated rings. The molecule has 0 saturated heterocycles. The highest BCUT2D eigenvalue weighted by molar-refractivity contribution is 7.70. The van der Waals surface area contributed by atoms with E-state index in [9.17, 15) is 0 Å². The maximum absolute atomic E-state index is 6.60. The second-order valence-corrected chi connectivity index (χ2v) is 8.95. The Bertz CT molecular complexity index is 982. The van der Waals surface area contributed by atoms with Gasteiger partial charge in [-0.1, -0.05) is 66.7 Å². The molecule has 0 unspecified atom stereocenters. The number of hydrogen-bond donors (Lipinski definition) is 0. The zero-order chi connectivity index (χ0) is 20.8. The van der Waals surface area contributed by atoms with E-state index in [2.05, 4.69) is 19.9 Å². The smallest absolute Gasteiger partial charge is 0.268 e. The van der Waals surface area contributed by atoms with E-state index in [1.807, 2.05) is 103 Å². The lowest BCUT2D eigenvalue weighted by atomic mass is 10.1. The fraction of sp³-hybridized carbons (Fsp3) is 0.0769. The van der Waals surface area contributed by atoms with E-state index < -0.39 is 7.94 Å². The molecule has 3 nitrogen and oxygen atoms in total. The maximum atomic E-state index is 6.60. The maximum Gasteiger partial charge on any atom is 0.580 e. The van der Waals surface area contributed by atoms with Crippen molar-refractivity contribution in [3.63, 3.8) is 0 Å². The van der Waals surface area contributed by atoms with Gasteiger partial charge in [0.25, 0.3) is 0 Å². The molecule has 0 aliphatic carbocycles. The first-order chi connectivity index (χ1) is 14.7. The Balaban J connectivity index is 1.89. The molecule has 0 bridgehead atoms. The highest BCUT2D eigenvalue weighted by Crippen LogP contribution is 2.60. The highest BCUT2D eigenvalue weighted by atomic mass is 31.2. The van der Waals surface area contributed by atoms with Gasteiger partial charge < -0.3 is 0 Å². The number of para-hydroxylation sites is 3. The Labute approximate surface area is 178 Å². The van der Waals surface area contributed by atoms with Gasteiger partial charge in [-0.15, -0.1) is 0 Å².